The van der Waals surface area contributed by atoms with Gasteiger partial charge >= 0.3 is 0 Å². The number of carbonyl (C=O) groups is 1. The van der Waals surface area contributed by atoms with Gasteiger partial charge in [0.1, 0.15) is 6.04 Å². The molecule has 1 amide bonds. The number of likely N-dealkylation sites (tertiary alicyclic amines) is 1. The summed E-state index contributed by atoms with van der Waals surface area (Å²) in [6.45, 7) is 2.54. The standard InChI is InChI=1S/C21H29N3OS/c25-20(22-14-16-8-2-1-3-9-16)15-24-13-7-6-11-18(24)21-23-17-10-4-5-12-19(17)26-21/h4-5,10,12,16,18H,1-3,6-9,11,13-15H2,(H,22,25)/p+1/t18-/m1/s1. The molecule has 140 valence electrons. The molecule has 5 heteroatoms. The van der Waals surface area contributed by atoms with E-state index < -0.39 is 0 Å². The summed E-state index contributed by atoms with van der Waals surface area (Å²) in [7, 11) is 0. The number of quaternary nitrogens is 1. The molecule has 0 spiro atoms. The number of para-hydroxylation sites is 1. The number of piperidine rings is 1. The van der Waals surface area contributed by atoms with Gasteiger partial charge in [-0.2, -0.15) is 0 Å². The molecule has 4 rings (SSSR count). The summed E-state index contributed by atoms with van der Waals surface area (Å²) in [4.78, 5) is 18.8. The summed E-state index contributed by atoms with van der Waals surface area (Å²) < 4.78 is 1.26. The van der Waals surface area contributed by atoms with Crippen LogP contribution in [-0.4, -0.2) is 30.5 Å². The fourth-order valence-corrected chi connectivity index (χ4v) is 5.71. The molecule has 1 aliphatic heterocycles. The number of fused-ring (bicyclic) bond motifs is 1. The zero-order valence-corrected chi connectivity index (χ0v) is 16.3. The van der Waals surface area contributed by atoms with Gasteiger partial charge in [0.2, 0.25) is 0 Å². The number of rotatable bonds is 5. The van der Waals surface area contributed by atoms with Crippen LogP contribution in [-0.2, 0) is 4.79 Å². The van der Waals surface area contributed by atoms with Gasteiger partial charge in [0.05, 0.1) is 16.8 Å². The van der Waals surface area contributed by atoms with Gasteiger partial charge < -0.3 is 10.2 Å². The summed E-state index contributed by atoms with van der Waals surface area (Å²) in [6.07, 6.45) is 10.2. The molecule has 4 nitrogen and oxygen atoms in total. The molecule has 2 aromatic rings. The number of nitrogens with one attached hydrogen (secondary N) is 2. The van der Waals surface area contributed by atoms with Gasteiger partial charge in [-0.1, -0.05) is 31.4 Å². The van der Waals surface area contributed by atoms with Crippen LogP contribution in [0.5, 0.6) is 0 Å². The largest absolute Gasteiger partial charge is 0.351 e. The average molecular weight is 373 g/mol. The van der Waals surface area contributed by atoms with Crippen LogP contribution < -0.4 is 10.2 Å². The lowest BCUT2D eigenvalue weighted by atomic mass is 9.89. The van der Waals surface area contributed by atoms with Gasteiger partial charge in [0.25, 0.3) is 5.91 Å². The van der Waals surface area contributed by atoms with Crippen molar-refractivity contribution in [3.63, 3.8) is 0 Å². The Kier molecular flexibility index (Phi) is 5.85. The van der Waals surface area contributed by atoms with Crippen LogP contribution in [0.15, 0.2) is 24.3 Å². The summed E-state index contributed by atoms with van der Waals surface area (Å²) >= 11 is 1.81. The Bertz CT molecular complexity index is 705. The van der Waals surface area contributed by atoms with Crippen LogP contribution in [0.2, 0.25) is 0 Å². The highest BCUT2D eigenvalue weighted by molar-refractivity contribution is 7.18. The van der Waals surface area contributed by atoms with Crippen molar-refractivity contribution in [3.05, 3.63) is 29.3 Å². The first-order valence-corrected chi connectivity index (χ1v) is 11.1. The molecular formula is C21H30N3OS+. The molecule has 0 radical (unpaired) electrons. The third kappa shape index (κ3) is 4.26. The van der Waals surface area contributed by atoms with Crippen LogP contribution in [0, 0.1) is 5.92 Å². The normalized spacial score (nSPS) is 24.6. The molecule has 2 aliphatic rings. The Balaban J connectivity index is 1.38. The number of amides is 1. The number of nitrogens with zero attached hydrogens (tertiary/aromatic N) is 1. The highest BCUT2D eigenvalue weighted by Crippen LogP contribution is 2.28. The van der Waals surface area contributed by atoms with Crippen molar-refractivity contribution in [1.82, 2.24) is 10.3 Å². The van der Waals surface area contributed by atoms with E-state index >= 15 is 0 Å². The number of thiazole rings is 1. The Labute approximate surface area is 160 Å². The van der Waals surface area contributed by atoms with E-state index in [2.05, 4.69) is 29.6 Å². The molecule has 1 unspecified atom stereocenters. The molecule has 1 saturated carbocycles. The van der Waals surface area contributed by atoms with Crippen molar-refractivity contribution in [2.45, 2.75) is 57.4 Å². The second-order valence-electron chi connectivity index (χ2n) is 7.96. The van der Waals surface area contributed by atoms with E-state index in [0.717, 1.165) is 25.0 Å². The highest BCUT2D eigenvalue weighted by Gasteiger charge is 2.32. The molecule has 1 saturated heterocycles. The van der Waals surface area contributed by atoms with Gasteiger partial charge in [0.15, 0.2) is 11.6 Å². The maximum Gasteiger partial charge on any atom is 0.275 e. The SMILES string of the molecule is O=C(C[NH+]1CCCC[C@@H]1c1nc2ccccc2s1)NCC1CCCCC1. The highest BCUT2D eigenvalue weighted by atomic mass is 32.1. The zero-order valence-electron chi connectivity index (χ0n) is 15.5. The summed E-state index contributed by atoms with van der Waals surface area (Å²) in [5.41, 5.74) is 1.10. The van der Waals surface area contributed by atoms with Crippen molar-refractivity contribution in [2.75, 3.05) is 19.6 Å². The van der Waals surface area contributed by atoms with Crippen LogP contribution in [0.4, 0.5) is 0 Å². The summed E-state index contributed by atoms with van der Waals surface area (Å²) in [5.74, 6) is 0.919. The summed E-state index contributed by atoms with van der Waals surface area (Å²) in [5, 5.41) is 4.43. The molecule has 2 fully saturated rings. The van der Waals surface area contributed by atoms with Crippen LogP contribution in [0.25, 0.3) is 10.2 Å². The third-order valence-electron chi connectivity index (χ3n) is 6.04. The number of hydrogen-bond donors (Lipinski definition) is 2. The minimum atomic E-state index is 0.221. The molecule has 2 heterocycles. The molecule has 2 atom stereocenters. The molecule has 2 N–H and O–H groups in total. The molecule has 1 aliphatic carbocycles. The number of benzene rings is 1. The number of carbonyl (C=O) groups excluding carboxylic acids is 1. The van der Waals surface area contributed by atoms with Crippen molar-refractivity contribution < 1.29 is 9.69 Å². The van der Waals surface area contributed by atoms with E-state index in [1.807, 2.05) is 11.3 Å². The Morgan fingerprint density at radius 3 is 2.77 bits per heavy atom. The van der Waals surface area contributed by atoms with Crippen LogP contribution in [0.1, 0.15) is 62.4 Å². The topological polar surface area (TPSA) is 46.4 Å². The fourth-order valence-electron chi connectivity index (χ4n) is 4.55. The van der Waals surface area contributed by atoms with E-state index in [1.54, 1.807) is 0 Å². The van der Waals surface area contributed by atoms with E-state index in [0.29, 0.717) is 18.5 Å². The summed E-state index contributed by atoms with van der Waals surface area (Å²) in [6, 6.07) is 8.75. The smallest absolute Gasteiger partial charge is 0.275 e. The van der Waals surface area contributed by atoms with Crippen LogP contribution >= 0.6 is 11.3 Å². The number of hydrogen-bond acceptors (Lipinski definition) is 3. The van der Waals surface area contributed by atoms with Crippen molar-refractivity contribution in [1.29, 1.82) is 0 Å². The third-order valence-corrected chi connectivity index (χ3v) is 7.19. The Hall–Kier alpha value is -1.46. The van der Waals surface area contributed by atoms with Gasteiger partial charge in [-0.15, -0.1) is 11.3 Å². The maximum absolute atomic E-state index is 12.6. The van der Waals surface area contributed by atoms with Crippen molar-refractivity contribution >= 4 is 27.5 Å². The first kappa shape index (κ1) is 17.9. The Morgan fingerprint density at radius 1 is 1.12 bits per heavy atom. The molecule has 1 aromatic heterocycles. The minimum absolute atomic E-state index is 0.221. The van der Waals surface area contributed by atoms with Gasteiger partial charge in [-0.3, -0.25) is 4.79 Å². The molecule has 0 bridgehead atoms. The first-order chi connectivity index (χ1) is 12.8. The van der Waals surface area contributed by atoms with Crippen LogP contribution in [0.3, 0.4) is 0 Å². The second-order valence-corrected chi connectivity index (χ2v) is 9.02. The lowest BCUT2D eigenvalue weighted by Crippen LogP contribution is -3.14. The fraction of sp³-hybridized carbons (Fsp3) is 0.619. The minimum Gasteiger partial charge on any atom is -0.351 e. The van der Waals surface area contributed by atoms with Crippen molar-refractivity contribution in [2.24, 2.45) is 5.92 Å². The Morgan fingerprint density at radius 2 is 1.92 bits per heavy atom. The quantitative estimate of drug-likeness (QED) is 0.847. The van der Waals surface area contributed by atoms with E-state index in [1.165, 1.54) is 59.6 Å². The lowest BCUT2D eigenvalue weighted by molar-refractivity contribution is -0.929. The monoisotopic (exact) mass is 372 g/mol. The van der Waals surface area contributed by atoms with E-state index in [-0.39, 0.29) is 5.91 Å². The van der Waals surface area contributed by atoms with Gasteiger partial charge in [-0.05, 0) is 43.7 Å². The average Bonchev–Trinajstić information content (AvgIpc) is 3.12. The van der Waals surface area contributed by atoms with E-state index in [4.69, 9.17) is 4.98 Å². The second kappa shape index (κ2) is 8.49. The van der Waals surface area contributed by atoms with Crippen molar-refractivity contribution in [3.8, 4) is 0 Å². The first-order valence-electron chi connectivity index (χ1n) is 10.3. The molecule has 26 heavy (non-hydrogen) atoms. The van der Waals surface area contributed by atoms with E-state index in [9.17, 15) is 4.79 Å². The molecule has 1 aromatic carbocycles. The maximum atomic E-state index is 12.6. The van der Waals surface area contributed by atoms with Gasteiger partial charge in [0, 0.05) is 13.0 Å². The lowest BCUT2D eigenvalue weighted by Gasteiger charge is -2.31. The number of aromatic nitrogens is 1. The predicted molar refractivity (Wildman–Crippen MR) is 106 cm³/mol. The zero-order chi connectivity index (χ0) is 17.8. The predicted octanol–water partition coefficient (Wildman–Crippen LogP) is 3.10. The molecular weight excluding hydrogens is 342 g/mol. The van der Waals surface area contributed by atoms with Gasteiger partial charge in [-0.25, -0.2) is 4.98 Å².